The monoisotopic (exact) mass is 439 g/mol. The molecule has 1 aromatic heterocycles. The number of benzene rings is 2. The third-order valence-corrected chi connectivity index (χ3v) is 8.12. The van der Waals surface area contributed by atoms with E-state index in [9.17, 15) is 13.2 Å². The molecule has 0 spiro atoms. The highest BCUT2D eigenvalue weighted by molar-refractivity contribution is 7.89. The lowest BCUT2D eigenvalue weighted by atomic mass is 9.96. The van der Waals surface area contributed by atoms with Crippen molar-refractivity contribution in [3.8, 4) is 0 Å². The van der Waals surface area contributed by atoms with Gasteiger partial charge in [-0.3, -0.25) is 4.79 Å². The first-order valence-corrected chi connectivity index (χ1v) is 12.2. The Balaban J connectivity index is 1.28. The number of nitrogens with zero attached hydrogens (tertiary/aromatic N) is 3. The van der Waals surface area contributed by atoms with Gasteiger partial charge in [-0.15, -0.1) is 0 Å². The Labute approximate surface area is 181 Å². The third kappa shape index (κ3) is 3.85. The number of sulfonamides is 1. The van der Waals surface area contributed by atoms with Gasteiger partial charge in [-0.05, 0) is 56.0 Å². The number of likely N-dealkylation sites (tertiary alicyclic amines) is 1. The molecule has 3 heterocycles. The molecule has 31 heavy (non-hydrogen) atoms. The van der Waals surface area contributed by atoms with Gasteiger partial charge in [-0.2, -0.15) is 4.31 Å². The molecule has 2 aromatic carbocycles. The highest BCUT2D eigenvalue weighted by Gasteiger charge is 2.30. The largest absolute Gasteiger partial charge is 0.440 e. The summed E-state index contributed by atoms with van der Waals surface area (Å²) in [6.07, 6.45) is 3.30. The number of aromatic nitrogens is 1. The molecule has 0 N–H and O–H groups in total. The molecular weight excluding hydrogens is 414 g/mol. The van der Waals surface area contributed by atoms with E-state index in [0.29, 0.717) is 31.7 Å². The Morgan fingerprint density at radius 2 is 1.71 bits per heavy atom. The second-order valence-electron chi connectivity index (χ2n) is 8.23. The van der Waals surface area contributed by atoms with Gasteiger partial charge in [0.2, 0.25) is 10.0 Å². The van der Waals surface area contributed by atoms with Crippen LogP contribution in [0.5, 0.6) is 0 Å². The number of piperidine rings is 1. The average Bonchev–Trinajstić information content (AvgIpc) is 3.49. The molecule has 1 amide bonds. The Kier molecular flexibility index (Phi) is 5.27. The minimum absolute atomic E-state index is 0.130. The molecule has 2 aliphatic heterocycles. The molecule has 3 aromatic rings. The van der Waals surface area contributed by atoms with Gasteiger partial charge in [0.05, 0.1) is 4.90 Å². The molecule has 2 saturated heterocycles. The van der Waals surface area contributed by atoms with Crippen LogP contribution in [-0.4, -0.2) is 54.7 Å². The van der Waals surface area contributed by atoms with Gasteiger partial charge >= 0.3 is 0 Å². The number of hydrogen-bond donors (Lipinski definition) is 0. The van der Waals surface area contributed by atoms with Crippen molar-refractivity contribution in [3.05, 3.63) is 60.0 Å². The van der Waals surface area contributed by atoms with Crippen molar-refractivity contribution < 1.29 is 17.6 Å². The van der Waals surface area contributed by atoms with Crippen molar-refractivity contribution in [3.63, 3.8) is 0 Å². The normalized spacial score (nSPS) is 18.6. The number of para-hydroxylation sites is 2. The summed E-state index contributed by atoms with van der Waals surface area (Å²) in [7, 11) is -3.54. The fourth-order valence-electron chi connectivity index (χ4n) is 4.44. The fourth-order valence-corrected chi connectivity index (χ4v) is 6.01. The maximum atomic E-state index is 13.1. The summed E-state index contributed by atoms with van der Waals surface area (Å²) < 4.78 is 33.1. The van der Waals surface area contributed by atoms with Crippen molar-refractivity contribution in [2.75, 3.05) is 26.2 Å². The van der Waals surface area contributed by atoms with E-state index >= 15 is 0 Å². The van der Waals surface area contributed by atoms with Crippen LogP contribution in [0.4, 0.5) is 0 Å². The molecule has 162 valence electrons. The molecular formula is C23H25N3O4S. The minimum atomic E-state index is -3.54. The first kappa shape index (κ1) is 20.2. The van der Waals surface area contributed by atoms with Crippen molar-refractivity contribution in [1.82, 2.24) is 14.2 Å². The van der Waals surface area contributed by atoms with E-state index in [1.54, 1.807) is 23.1 Å². The molecule has 0 saturated carbocycles. The number of rotatable bonds is 4. The van der Waals surface area contributed by atoms with E-state index in [1.165, 1.54) is 10.4 Å². The lowest BCUT2D eigenvalue weighted by Crippen LogP contribution is -2.38. The molecule has 0 radical (unpaired) electrons. The number of oxazole rings is 1. The minimum Gasteiger partial charge on any atom is -0.440 e. The van der Waals surface area contributed by atoms with Crippen LogP contribution in [0, 0.1) is 0 Å². The molecule has 0 unspecified atom stereocenters. The van der Waals surface area contributed by atoms with Crippen LogP contribution in [0.15, 0.2) is 57.8 Å². The summed E-state index contributed by atoms with van der Waals surface area (Å²) in [5.41, 5.74) is 2.06. The maximum Gasteiger partial charge on any atom is 0.253 e. The zero-order valence-electron chi connectivity index (χ0n) is 17.2. The maximum absolute atomic E-state index is 13.1. The van der Waals surface area contributed by atoms with Crippen LogP contribution >= 0.6 is 0 Å². The summed E-state index contributed by atoms with van der Waals surface area (Å²) in [6.45, 7) is 2.27. The molecule has 0 aliphatic carbocycles. The second kappa shape index (κ2) is 8.09. The highest BCUT2D eigenvalue weighted by atomic mass is 32.2. The summed E-state index contributed by atoms with van der Waals surface area (Å²) in [4.78, 5) is 19.7. The fraction of sp³-hybridized carbons (Fsp3) is 0.391. The van der Waals surface area contributed by atoms with Crippen LogP contribution in [-0.2, 0) is 10.0 Å². The van der Waals surface area contributed by atoms with Gasteiger partial charge in [0, 0.05) is 37.7 Å². The molecule has 7 nitrogen and oxygen atoms in total. The van der Waals surface area contributed by atoms with Gasteiger partial charge < -0.3 is 9.32 Å². The van der Waals surface area contributed by atoms with Crippen molar-refractivity contribution in [2.45, 2.75) is 36.5 Å². The molecule has 0 atom stereocenters. The van der Waals surface area contributed by atoms with Crippen molar-refractivity contribution in [1.29, 1.82) is 0 Å². The van der Waals surface area contributed by atoms with Gasteiger partial charge in [0.15, 0.2) is 11.5 Å². The summed E-state index contributed by atoms with van der Waals surface area (Å²) in [6, 6.07) is 14.1. The van der Waals surface area contributed by atoms with Crippen LogP contribution in [0.3, 0.4) is 0 Å². The van der Waals surface area contributed by atoms with E-state index in [-0.39, 0.29) is 16.7 Å². The van der Waals surface area contributed by atoms with Crippen LogP contribution in [0.2, 0.25) is 0 Å². The topological polar surface area (TPSA) is 83.7 Å². The van der Waals surface area contributed by atoms with E-state index in [2.05, 4.69) is 4.98 Å². The predicted molar refractivity (Wildman–Crippen MR) is 116 cm³/mol. The summed E-state index contributed by atoms with van der Waals surface area (Å²) >= 11 is 0. The van der Waals surface area contributed by atoms with E-state index in [4.69, 9.17) is 4.42 Å². The van der Waals surface area contributed by atoms with Crippen LogP contribution in [0.1, 0.15) is 47.8 Å². The molecule has 0 bridgehead atoms. The molecule has 2 fully saturated rings. The number of carbonyl (C=O) groups is 1. The quantitative estimate of drug-likeness (QED) is 0.620. The zero-order chi connectivity index (χ0) is 21.4. The smallest absolute Gasteiger partial charge is 0.253 e. The summed E-state index contributed by atoms with van der Waals surface area (Å²) in [5.74, 6) is 0.778. The average molecular weight is 440 g/mol. The number of carbonyl (C=O) groups excluding carboxylic acids is 1. The third-order valence-electron chi connectivity index (χ3n) is 6.23. The predicted octanol–water partition coefficient (Wildman–Crippen LogP) is 3.63. The van der Waals surface area contributed by atoms with Crippen LogP contribution in [0.25, 0.3) is 11.1 Å². The molecule has 8 heteroatoms. The Morgan fingerprint density at radius 1 is 0.968 bits per heavy atom. The second-order valence-corrected chi connectivity index (χ2v) is 10.2. The van der Waals surface area contributed by atoms with Crippen molar-refractivity contribution in [2.24, 2.45) is 0 Å². The van der Waals surface area contributed by atoms with E-state index in [0.717, 1.165) is 42.7 Å². The number of hydrogen-bond acceptors (Lipinski definition) is 5. The summed E-state index contributed by atoms with van der Waals surface area (Å²) in [5, 5.41) is 0. The Bertz CT molecular complexity index is 1170. The van der Waals surface area contributed by atoms with Gasteiger partial charge in [0.1, 0.15) is 5.52 Å². The van der Waals surface area contributed by atoms with Gasteiger partial charge in [0.25, 0.3) is 5.91 Å². The first-order chi connectivity index (χ1) is 15.0. The number of amides is 1. The van der Waals surface area contributed by atoms with Crippen molar-refractivity contribution >= 4 is 27.0 Å². The van der Waals surface area contributed by atoms with Crippen LogP contribution < -0.4 is 0 Å². The first-order valence-electron chi connectivity index (χ1n) is 10.8. The lowest BCUT2D eigenvalue weighted by molar-refractivity contribution is 0.0706. The van der Waals surface area contributed by atoms with E-state index < -0.39 is 10.0 Å². The van der Waals surface area contributed by atoms with Gasteiger partial charge in [-0.25, -0.2) is 13.4 Å². The standard InChI is InChI=1S/C23H25N3O4S/c27-23(18-6-5-7-19(16-18)31(28,29)26-12-3-4-13-26)25-14-10-17(11-15-25)22-24-20-8-1-2-9-21(20)30-22/h1-2,5-9,16-17H,3-4,10-15H2. The molecule has 2 aliphatic rings. The Morgan fingerprint density at radius 3 is 2.45 bits per heavy atom. The molecule has 5 rings (SSSR count). The Hall–Kier alpha value is -2.71. The number of fused-ring (bicyclic) bond motifs is 1. The lowest BCUT2D eigenvalue weighted by Gasteiger charge is -2.30. The zero-order valence-corrected chi connectivity index (χ0v) is 18.1. The van der Waals surface area contributed by atoms with Gasteiger partial charge in [-0.1, -0.05) is 18.2 Å². The van der Waals surface area contributed by atoms with E-state index in [1.807, 2.05) is 24.3 Å². The highest BCUT2D eigenvalue weighted by Crippen LogP contribution is 2.31. The SMILES string of the molecule is O=C(c1cccc(S(=O)(=O)N2CCCC2)c1)N1CCC(c2nc3ccccc3o2)CC1.